The zero-order chi connectivity index (χ0) is 28.2. The molecule has 39 heavy (non-hydrogen) atoms. The number of amides is 2. The van der Waals surface area contributed by atoms with Gasteiger partial charge in [-0.1, -0.05) is 52.2 Å². The molecule has 0 unspecified atom stereocenters. The van der Waals surface area contributed by atoms with Crippen LogP contribution in [0.15, 0.2) is 70.0 Å². The van der Waals surface area contributed by atoms with Gasteiger partial charge in [0.2, 0.25) is 10.0 Å². The van der Waals surface area contributed by atoms with Crippen LogP contribution in [0.3, 0.4) is 0 Å². The molecule has 0 aliphatic carbocycles. The first-order valence-electron chi connectivity index (χ1n) is 12.7. The molecule has 1 heterocycles. The van der Waals surface area contributed by atoms with Gasteiger partial charge < -0.3 is 15.0 Å². The normalized spacial score (nSPS) is 14.1. The fraction of sp³-hybridized carbons (Fsp3) is 0.310. The molecule has 1 aliphatic rings. The molecular weight excluding hydrogens is 582 g/mol. The lowest BCUT2D eigenvalue weighted by Gasteiger charge is -2.26. The number of nitrogens with zero attached hydrogens (tertiary/aromatic N) is 2. The number of piperidine rings is 1. The predicted octanol–water partition coefficient (Wildman–Crippen LogP) is 5.63. The quantitative estimate of drug-likeness (QED) is 0.348. The molecule has 2 amide bonds. The van der Waals surface area contributed by atoms with Gasteiger partial charge in [0.25, 0.3) is 0 Å². The Hall–Kier alpha value is -3.21. The van der Waals surface area contributed by atoms with E-state index in [1.165, 1.54) is 22.3 Å². The maximum Gasteiger partial charge on any atom is 0.313 e. The number of halogens is 1. The third kappa shape index (κ3) is 7.06. The minimum absolute atomic E-state index is 0.128. The van der Waals surface area contributed by atoms with Crippen molar-refractivity contribution in [1.29, 1.82) is 0 Å². The molecule has 10 heteroatoms. The summed E-state index contributed by atoms with van der Waals surface area (Å²) in [5, 5.41) is 2.57. The molecule has 1 saturated heterocycles. The lowest BCUT2D eigenvalue weighted by atomic mass is 10.2. The minimum atomic E-state index is -3.70. The van der Waals surface area contributed by atoms with Gasteiger partial charge in [-0.15, -0.1) is 0 Å². The average Bonchev–Trinajstić information content (AvgIpc) is 2.92. The monoisotopic (exact) mass is 613 g/mol. The van der Waals surface area contributed by atoms with Gasteiger partial charge in [0.1, 0.15) is 11.5 Å². The Labute approximate surface area is 238 Å². The van der Waals surface area contributed by atoms with Crippen molar-refractivity contribution in [3.8, 4) is 11.5 Å². The van der Waals surface area contributed by atoms with Crippen LogP contribution < -0.4 is 10.1 Å². The van der Waals surface area contributed by atoms with Gasteiger partial charge in [-0.25, -0.2) is 8.42 Å². The number of carbonyl (C=O) groups excluding carboxylic acids is 2. The van der Waals surface area contributed by atoms with Crippen LogP contribution in [0, 0.1) is 13.8 Å². The van der Waals surface area contributed by atoms with E-state index in [0.29, 0.717) is 35.7 Å². The van der Waals surface area contributed by atoms with E-state index < -0.39 is 21.8 Å². The van der Waals surface area contributed by atoms with E-state index in [0.717, 1.165) is 29.3 Å². The molecule has 3 aromatic carbocycles. The highest BCUT2D eigenvalue weighted by atomic mass is 79.9. The number of anilines is 1. The summed E-state index contributed by atoms with van der Waals surface area (Å²) >= 11 is 3.46. The summed E-state index contributed by atoms with van der Waals surface area (Å²) in [5.74, 6) is -0.415. The highest BCUT2D eigenvalue weighted by Gasteiger charge is 2.28. The SMILES string of the molecule is Cc1ccc(Oc2cc(Br)ccc2CN(C)C(=O)C(=O)Nc2ccc(C)c(S(=O)(=O)N3CCCCC3)c2)cc1. The second-order valence-corrected chi connectivity index (χ2v) is 12.5. The molecule has 0 saturated carbocycles. The Kier molecular flexibility index (Phi) is 9.09. The maximum atomic E-state index is 13.2. The van der Waals surface area contributed by atoms with Crippen molar-refractivity contribution >= 4 is 43.5 Å². The Balaban J connectivity index is 1.46. The van der Waals surface area contributed by atoms with Gasteiger partial charge in [-0.05, 0) is 68.7 Å². The number of hydrogen-bond acceptors (Lipinski definition) is 5. The zero-order valence-electron chi connectivity index (χ0n) is 22.2. The largest absolute Gasteiger partial charge is 0.457 e. The van der Waals surface area contributed by atoms with Gasteiger partial charge in [0, 0.05) is 42.4 Å². The molecule has 0 atom stereocenters. The molecule has 0 bridgehead atoms. The third-order valence-electron chi connectivity index (χ3n) is 6.61. The highest BCUT2D eigenvalue weighted by Crippen LogP contribution is 2.30. The van der Waals surface area contributed by atoms with E-state index >= 15 is 0 Å². The molecule has 1 aliphatic heterocycles. The molecule has 0 spiro atoms. The predicted molar refractivity (Wildman–Crippen MR) is 154 cm³/mol. The topological polar surface area (TPSA) is 96.0 Å². The van der Waals surface area contributed by atoms with Crippen molar-refractivity contribution in [3.63, 3.8) is 0 Å². The van der Waals surface area contributed by atoms with Crippen molar-refractivity contribution in [1.82, 2.24) is 9.21 Å². The Morgan fingerprint density at radius 1 is 0.974 bits per heavy atom. The molecule has 1 N–H and O–H groups in total. The van der Waals surface area contributed by atoms with E-state index in [4.69, 9.17) is 4.74 Å². The van der Waals surface area contributed by atoms with Crippen molar-refractivity contribution in [2.45, 2.75) is 44.6 Å². The van der Waals surface area contributed by atoms with Gasteiger partial charge in [0.05, 0.1) is 4.90 Å². The number of nitrogens with one attached hydrogen (secondary N) is 1. The number of aryl methyl sites for hydroxylation is 2. The smallest absolute Gasteiger partial charge is 0.313 e. The summed E-state index contributed by atoms with van der Waals surface area (Å²) in [4.78, 5) is 27.2. The molecule has 3 aromatic rings. The Morgan fingerprint density at radius 3 is 2.36 bits per heavy atom. The van der Waals surface area contributed by atoms with E-state index in [1.54, 1.807) is 19.1 Å². The summed E-state index contributed by atoms with van der Waals surface area (Å²) in [5.41, 5.74) is 2.65. The van der Waals surface area contributed by atoms with Gasteiger partial charge in [-0.3, -0.25) is 9.59 Å². The number of carbonyl (C=O) groups is 2. The van der Waals surface area contributed by atoms with Crippen LogP contribution in [0.5, 0.6) is 11.5 Å². The number of rotatable bonds is 7. The summed E-state index contributed by atoms with van der Waals surface area (Å²) in [6.45, 7) is 4.80. The van der Waals surface area contributed by atoms with Crippen molar-refractivity contribution in [2.24, 2.45) is 0 Å². The average molecular weight is 615 g/mol. The van der Waals surface area contributed by atoms with Crippen LogP contribution >= 0.6 is 15.9 Å². The summed E-state index contributed by atoms with van der Waals surface area (Å²) in [6, 6.07) is 17.8. The summed E-state index contributed by atoms with van der Waals surface area (Å²) < 4.78 is 34.8. The van der Waals surface area contributed by atoms with Crippen LogP contribution in [-0.4, -0.2) is 49.6 Å². The number of hydrogen-bond donors (Lipinski definition) is 1. The van der Waals surface area contributed by atoms with E-state index in [-0.39, 0.29) is 17.1 Å². The molecular formula is C29H32BrN3O5S. The van der Waals surface area contributed by atoms with Crippen LogP contribution in [0.25, 0.3) is 0 Å². The molecule has 0 aromatic heterocycles. The lowest BCUT2D eigenvalue weighted by Crippen LogP contribution is -2.37. The third-order valence-corrected chi connectivity index (χ3v) is 9.14. The maximum absolute atomic E-state index is 13.2. The Bertz CT molecular complexity index is 1470. The standard InChI is InChI=1S/C29H32BrN3O5S/c1-20-7-13-25(14-8-20)38-26-17-23(30)11-10-22(26)19-32(3)29(35)28(34)31-24-12-9-21(2)27(18-24)39(36,37)33-15-5-4-6-16-33/h7-14,17-18H,4-6,15-16,19H2,1-3H3,(H,31,34). The second kappa shape index (κ2) is 12.3. The fourth-order valence-corrected chi connectivity index (χ4v) is 6.48. The van der Waals surface area contributed by atoms with Gasteiger partial charge in [0.15, 0.2) is 0 Å². The first-order chi connectivity index (χ1) is 18.5. The number of ether oxygens (including phenoxy) is 1. The molecule has 206 valence electrons. The van der Waals surface area contributed by atoms with Crippen LogP contribution in [0.4, 0.5) is 5.69 Å². The van der Waals surface area contributed by atoms with Gasteiger partial charge >= 0.3 is 11.8 Å². The minimum Gasteiger partial charge on any atom is -0.457 e. The van der Waals surface area contributed by atoms with Crippen LogP contribution in [-0.2, 0) is 26.2 Å². The molecule has 8 nitrogen and oxygen atoms in total. The van der Waals surface area contributed by atoms with E-state index in [1.807, 2.05) is 49.4 Å². The molecule has 4 rings (SSSR count). The van der Waals surface area contributed by atoms with Crippen molar-refractivity contribution in [2.75, 3.05) is 25.5 Å². The van der Waals surface area contributed by atoms with E-state index in [9.17, 15) is 18.0 Å². The zero-order valence-corrected chi connectivity index (χ0v) is 24.6. The van der Waals surface area contributed by atoms with Gasteiger partial charge in [-0.2, -0.15) is 4.31 Å². The van der Waals surface area contributed by atoms with Crippen molar-refractivity contribution < 1.29 is 22.7 Å². The fourth-order valence-electron chi connectivity index (χ4n) is 4.37. The molecule has 1 fully saturated rings. The van der Waals surface area contributed by atoms with Crippen LogP contribution in [0.2, 0.25) is 0 Å². The number of likely N-dealkylation sites (N-methyl/N-ethyl adjacent to an activating group) is 1. The summed E-state index contributed by atoms with van der Waals surface area (Å²) in [6.07, 6.45) is 2.66. The second-order valence-electron chi connectivity index (χ2n) is 9.73. The van der Waals surface area contributed by atoms with Crippen molar-refractivity contribution in [3.05, 3.63) is 81.8 Å². The molecule has 0 radical (unpaired) electrons. The highest BCUT2D eigenvalue weighted by molar-refractivity contribution is 9.10. The number of benzene rings is 3. The first-order valence-corrected chi connectivity index (χ1v) is 15.0. The van der Waals surface area contributed by atoms with Crippen LogP contribution in [0.1, 0.15) is 36.0 Å². The summed E-state index contributed by atoms with van der Waals surface area (Å²) in [7, 11) is -2.17. The lowest BCUT2D eigenvalue weighted by molar-refractivity contribution is -0.142. The Morgan fingerprint density at radius 2 is 1.67 bits per heavy atom. The number of sulfonamides is 1. The first kappa shape index (κ1) is 28.8. The van der Waals surface area contributed by atoms with E-state index in [2.05, 4.69) is 21.2 Å².